The molecule has 32 heavy (non-hydrogen) atoms. The number of likely N-dealkylation sites (tertiary alicyclic amines) is 1. The highest BCUT2D eigenvalue weighted by molar-refractivity contribution is 5.93. The molecule has 3 aromatic rings. The fourth-order valence-corrected chi connectivity index (χ4v) is 4.31. The maximum absolute atomic E-state index is 13.3. The first-order valence-electron chi connectivity index (χ1n) is 10.7. The second-order valence-corrected chi connectivity index (χ2v) is 8.57. The number of nitrogens with zero attached hydrogens (tertiary/aromatic N) is 5. The summed E-state index contributed by atoms with van der Waals surface area (Å²) in [6.45, 7) is 2.69. The Morgan fingerprint density at radius 1 is 1.16 bits per heavy atom. The number of hydrogen-bond acceptors (Lipinski definition) is 6. The van der Waals surface area contributed by atoms with E-state index in [0.29, 0.717) is 38.1 Å². The van der Waals surface area contributed by atoms with Gasteiger partial charge in [-0.25, -0.2) is 4.98 Å². The molecule has 0 N–H and O–H groups in total. The second-order valence-electron chi connectivity index (χ2n) is 8.57. The van der Waals surface area contributed by atoms with E-state index in [1.807, 2.05) is 43.3 Å². The molecule has 8 nitrogen and oxygen atoms in total. The Balaban J connectivity index is 1.60. The van der Waals surface area contributed by atoms with Crippen molar-refractivity contribution in [3.8, 4) is 11.3 Å². The van der Waals surface area contributed by atoms with Gasteiger partial charge in [0.2, 0.25) is 5.91 Å². The average molecular weight is 434 g/mol. The van der Waals surface area contributed by atoms with Gasteiger partial charge < -0.3 is 14.3 Å². The van der Waals surface area contributed by atoms with Gasteiger partial charge in [0.05, 0.1) is 17.3 Å². The summed E-state index contributed by atoms with van der Waals surface area (Å²) in [5.74, 6) is 0.391. The quantitative estimate of drug-likeness (QED) is 0.614. The molecular weight excluding hydrogens is 406 g/mol. The maximum Gasteiger partial charge on any atom is 0.274 e. The van der Waals surface area contributed by atoms with E-state index in [4.69, 9.17) is 4.52 Å². The van der Waals surface area contributed by atoms with E-state index >= 15 is 0 Å². The summed E-state index contributed by atoms with van der Waals surface area (Å²) >= 11 is 0. The summed E-state index contributed by atoms with van der Waals surface area (Å²) < 4.78 is 5.62. The van der Waals surface area contributed by atoms with Crippen LogP contribution < -0.4 is 0 Å². The predicted molar refractivity (Wildman–Crippen MR) is 119 cm³/mol. The molecule has 1 unspecified atom stereocenters. The van der Waals surface area contributed by atoms with E-state index in [-0.39, 0.29) is 17.5 Å². The van der Waals surface area contributed by atoms with Crippen molar-refractivity contribution in [2.75, 3.05) is 27.2 Å². The maximum atomic E-state index is 13.3. The number of carbonyl (C=O) groups is 2. The summed E-state index contributed by atoms with van der Waals surface area (Å²) in [5.41, 5.74) is 1.93. The van der Waals surface area contributed by atoms with Crippen LogP contribution in [0.15, 0.2) is 53.3 Å². The van der Waals surface area contributed by atoms with Crippen molar-refractivity contribution in [2.45, 2.75) is 26.2 Å². The molecule has 3 heterocycles. The van der Waals surface area contributed by atoms with E-state index in [1.165, 1.54) is 6.20 Å². The van der Waals surface area contributed by atoms with Crippen LogP contribution in [0.1, 0.15) is 34.8 Å². The van der Waals surface area contributed by atoms with E-state index in [0.717, 1.165) is 17.0 Å². The van der Waals surface area contributed by atoms with Gasteiger partial charge in [-0.15, -0.1) is 0 Å². The predicted octanol–water partition coefficient (Wildman–Crippen LogP) is 2.99. The number of rotatable bonds is 5. The fraction of sp³-hybridized carbons (Fsp3) is 0.375. The molecule has 0 spiro atoms. The SMILES string of the molecule is Cc1cnc(C(=O)N2CCCC(Cc3cc(-c4ccccc4)no3)(C(=O)N(C)C)C2)cn1. The lowest BCUT2D eigenvalue weighted by molar-refractivity contribution is -0.142. The molecule has 1 aliphatic heterocycles. The molecule has 1 fully saturated rings. The Morgan fingerprint density at radius 3 is 2.62 bits per heavy atom. The second kappa shape index (κ2) is 8.90. The number of piperidine rings is 1. The number of aryl methyl sites for hydroxylation is 1. The minimum Gasteiger partial charge on any atom is -0.361 e. The minimum atomic E-state index is -0.789. The summed E-state index contributed by atoms with van der Waals surface area (Å²) in [4.78, 5) is 38.2. The van der Waals surface area contributed by atoms with Crippen LogP contribution in [0.5, 0.6) is 0 Å². The largest absolute Gasteiger partial charge is 0.361 e. The highest BCUT2D eigenvalue weighted by Crippen LogP contribution is 2.36. The topological polar surface area (TPSA) is 92.4 Å². The zero-order chi connectivity index (χ0) is 22.7. The normalized spacial score (nSPS) is 18.4. The first-order chi connectivity index (χ1) is 15.4. The van der Waals surface area contributed by atoms with Crippen molar-refractivity contribution < 1.29 is 14.1 Å². The van der Waals surface area contributed by atoms with Gasteiger partial charge in [-0.1, -0.05) is 35.5 Å². The molecule has 4 rings (SSSR count). The molecule has 1 saturated heterocycles. The molecule has 2 aromatic heterocycles. The zero-order valence-electron chi connectivity index (χ0n) is 18.6. The number of carbonyl (C=O) groups excluding carboxylic acids is 2. The van der Waals surface area contributed by atoms with Crippen LogP contribution >= 0.6 is 0 Å². The first kappa shape index (κ1) is 21.7. The first-order valence-corrected chi connectivity index (χ1v) is 10.7. The lowest BCUT2D eigenvalue weighted by Crippen LogP contribution is -2.54. The molecule has 0 radical (unpaired) electrons. The van der Waals surface area contributed by atoms with Crippen molar-refractivity contribution in [3.05, 3.63) is 65.9 Å². The molecule has 0 bridgehead atoms. The Bertz CT molecular complexity index is 1090. The van der Waals surface area contributed by atoms with Crippen LogP contribution in [0.2, 0.25) is 0 Å². The number of amides is 2. The monoisotopic (exact) mass is 433 g/mol. The standard InChI is InChI=1S/C24H27N5O3/c1-17-14-26-21(15-25-17)22(30)29-11-7-10-24(16-29,23(31)28(2)3)13-19-12-20(27-32-19)18-8-5-4-6-9-18/h4-6,8-9,12,14-15H,7,10-11,13,16H2,1-3H3. The van der Waals surface area contributed by atoms with Crippen molar-refractivity contribution in [1.82, 2.24) is 24.9 Å². The highest BCUT2D eigenvalue weighted by Gasteiger charge is 2.45. The number of benzene rings is 1. The smallest absolute Gasteiger partial charge is 0.274 e. The summed E-state index contributed by atoms with van der Waals surface area (Å²) in [6.07, 6.45) is 4.81. The molecule has 1 aliphatic rings. The van der Waals surface area contributed by atoms with Gasteiger partial charge in [0.15, 0.2) is 0 Å². The van der Waals surface area contributed by atoms with Gasteiger partial charge >= 0.3 is 0 Å². The Kier molecular flexibility index (Phi) is 6.03. The van der Waals surface area contributed by atoms with Gasteiger partial charge in [0.1, 0.15) is 17.1 Å². The van der Waals surface area contributed by atoms with Crippen molar-refractivity contribution in [1.29, 1.82) is 0 Å². The number of hydrogen-bond donors (Lipinski definition) is 0. The Hall–Kier alpha value is -3.55. The molecule has 2 amide bonds. The average Bonchev–Trinajstić information content (AvgIpc) is 3.27. The van der Waals surface area contributed by atoms with Crippen LogP contribution in [0.3, 0.4) is 0 Å². The molecule has 1 atom stereocenters. The van der Waals surface area contributed by atoms with Crippen molar-refractivity contribution in [2.24, 2.45) is 5.41 Å². The molecule has 0 saturated carbocycles. The van der Waals surface area contributed by atoms with Gasteiger partial charge in [0, 0.05) is 51.4 Å². The summed E-state index contributed by atoms with van der Waals surface area (Å²) in [7, 11) is 3.48. The third kappa shape index (κ3) is 4.39. The third-order valence-electron chi connectivity index (χ3n) is 5.87. The van der Waals surface area contributed by atoms with E-state index < -0.39 is 5.41 Å². The zero-order valence-corrected chi connectivity index (χ0v) is 18.6. The van der Waals surface area contributed by atoms with Crippen LogP contribution in [-0.4, -0.2) is 63.9 Å². The van der Waals surface area contributed by atoms with Crippen molar-refractivity contribution in [3.63, 3.8) is 0 Å². The van der Waals surface area contributed by atoms with Gasteiger partial charge in [-0.2, -0.15) is 0 Å². The third-order valence-corrected chi connectivity index (χ3v) is 5.87. The molecule has 166 valence electrons. The fourth-order valence-electron chi connectivity index (χ4n) is 4.31. The van der Waals surface area contributed by atoms with Crippen LogP contribution in [0.4, 0.5) is 0 Å². The Morgan fingerprint density at radius 2 is 1.94 bits per heavy atom. The van der Waals surface area contributed by atoms with Crippen molar-refractivity contribution >= 4 is 11.8 Å². The minimum absolute atomic E-state index is 0.0253. The number of aromatic nitrogens is 3. The molecule has 8 heteroatoms. The summed E-state index contributed by atoms with van der Waals surface area (Å²) in [6, 6.07) is 11.6. The highest BCUT2D eigenvalue weighted by atomic mass is 16.5. The van der Waals surface area contributed by atoms with Crippen LogP contribution in [0.25, 0.3) is 11.3 Å². The van der Waals surface area contributed by atoms with Crippen LogP contribution in [0, 0.1) is 12.3 Å². The van der Waals surface area contributed by atoms with Crippen LogP contribution in [-0.2, 0) is 11.2 Å². The van der Waals surface area contributed by atoms with E-state index in [1.54, 1.807) is 30.1 Å². The molecule has 1 aromatic carbocycles. The Labute approximate surface area is 187 Å². The van der Waals surface area contributed by atoms with E-state index in [9.17, 15) is 9.59 Å². The summed E-state index contributed by atoms with van der Waals surface area (Å²) in [5, 5.41) is 4.20. The lowest BCUT2D eigenvalue weighted by atomic mass is 9.75. The molecular formula is C24H27N5O3. The van der Waals surface area contributed by atoms with E-state index in [2.05, 4.69) is 15.1 Å². The molecule has 0 aliphatic carbocycles. The van der Waals surface area contributed by atoms with Gasteiger partial charge in [-0.05, 0) is 19.8 Å². The lowest BCUT2D eigenvalue weighted by Gasteiger charge is -2.42. The van der Waals surface area contributed by atoms with Gasteiger partial charge in [0.25, 0.3) is 5.91 Å². The van der Waals surface area contributed by atoms with Gasteiger partial charge in [-0.3, -0.25) is 14.6 Å².